The third-order valence-electron chi connectivity index (χ3n) is 2.89. The van der Waals surface area contributed by atoms with Gasteiger partial charge in [-0.1, -0.05) is 5.16 Å². The van der Waals surface area contributed by atoms with E-state index in [1.807, 2.05) is 24.7 Å². The van der Waals surface area contributed by atoms with E-state index in [0.717, 1.165) is 11.1 Å². The Balaban J connectivity index is 2.04. The van der Waals surface area contributed by atoms with Crippen molar-refractivity contribution in [3.05, 3.63) is 36.2 Å². The van der Waals surface area contributed by atoms with Crippen molar-refractivity contribution < 1.29 is 9.63 Å². The molecule has 1 aromatic carbocycles. The van der Waals surface area contributed by atoms with Crippen LogP contribution >= 0.6 is 0 Å². The highest BCUT2D eigenvalue weighted by atomic mass is 16.5. The van der Waals surface area contributed by atoms with E-state index in [-0.39, 0.29) is 5.75 Å². The first-order valence-electron chi connectivity index (χ1n) is 5.76. The molecule has 0 spiro atoms. The molecule has 6 nitrogen and oxygen atoms in total. The number of benzene rings is 1. The number of imidazole rings is 1. The summed E-state index contributed by atoms with van der Waals surface area (Å²) < 4.78 is 7.07. The second kappa shape index (κ2) is 4.24. The van der Waals surface area contributed by atoms with Crippen LogP contribution in [-0.4, -0.2) is 24.8 Å². The van der Waals surface area contributed by atoms with Crippen molar-refractivity contribution in [1.82, 2.24) is 19.7 Å². The molecule has 0 aliphatic rings. The molecule has 0 saturated carbocycles. The molecule has 0 aliphatic carbocycles. The first kappa shape index (κ1) is 11.5. The van der Waals surface area contributed by atoms with Gasteiger partial charge in [-0.25, -0.2) is 4.98 Å². The van der Waals surface area contributed by atoms with Gasteiger partial charge in [0.25, 0.3) is 5.89 Å². The molecule has 0 bridgehead atoms. The Labute approximate surface area is 109 Å². The minimum absolute atomic E-state index is 0.213. The Bertz CT molecular complexity index is 730. The second-order valence-electron chi connectivity index (χ2n) is 4.28. The SMILES string of the molecule is Cc1cc(O)ccc1-c1nc(-c2nccn2C)no1. The number of aromatic nitrogens is 4. The lowest BCUT2D eigenvalue weighted by Crippen LogP contribution is -1.92. The van der Waals surface area contributed by atoms with Crippen LogP contribution in [0, 0.1) is 6.92 Å². The van der Waals surface area contributed by atoms with Crippen LogP contribution in [0.2, 0.25) is 0 Å². The summed E-state index contributed by atoms with van der Waals surface area (Å²) in [6.07, 6.45) is 3.49. The van der Waals surface area contributed by atoms with E-state index in [0.29, 0.717) is 17.5 Å². The molecule has 3 aromatic rings. The summed E-state index contributed by atoms with van der Waals surface area (Å²) in [6.45, 7) is 1.87. The smallest absolute Gasteiger partial charge is 0.258 e. The molecule has 2 aromatic heterocycles. The summed E-state index contributed by atoms with van der Waals surface area (Å²) in [7, 11) is 1.87. The minimum Gasteiger partial charge on any atom is -0.508 e. The molecule has 0 aliphatic heterocycles. The molecular weight excluding hydrogens is 244 g/mol. The maximum absolute atomic E-state index is 9.40. The highest BCUT2D eigenvalue weighted by Gasteiger charge is 2.15. The number of nitrogens with zero attached hydrogens (tertiary/aromatic N) is 4. The maximum Gasteiger partial charge on any atom is 0.258 e. The molecule has 3 rings (SSSR count). The lowest BCUT2D eigenvalue weighted by Gasteiger charge is -2.00. The Morgan fingerprint density at radius 1 is 1.32 bits per heavy atom. The van der Waals surface area contributed by atoms with Crippen LogP contribution in [0.3, 0.4) is 0 Å². The van der Waals surface area contributed by atoms with Crippen LogP contribution in [0.15, 0.2) is 35.1 Å². The fourth-order valence-electron chi connectivity index (χ4n) is 1.89. The number of phenolic OH excluding ortho intramolecular Hbond substituents is 1. The van der Waals surface area contributed by atoms with Crippen molar-refractivity contribution in [3.8, 4) is 28.9 Å². The van der Waals surface area contributed by atoms with E-state index in [9.17, 15) is 5.11 Å². The van der Waals surface area contributed by atoms with E-state index in [2.05, 4.69) is 15.1 Å². The number of rotatable bonds is 2. The van der Waals surface area contributed by atoms with E-state index < -0.39 is 0 Å². The van der Waals surface area contributed by atoms with Gasteiger partial charge in [0.15, 0.2) is 5.82 Å². The number of hydrogen-bond donors (Lipinski definition) is 1. The Morgan fingerprint density at radius 3 is 2.84 bits per heavy atom. The van der Waals surface area contributed by atoms with Gasteiger partial charge in [0.05, 0.1) is 0 Å². The molecule has 0 atom stereocenters. The second-order valence-corrected chi connectivity index (χ2v) is 4.28. The van der Waals surface area contributed by atoms with Gasteiger partial charge >= 0.3 is 0 Å². The van der Waals surface area contributed by atoms with Crippen molar-refractivity contribution in [1.29, 1.82) is 0 Å². The molecule has 6 heteroatoms. The van der Waals surface area contributed by atoms with Crippen molar-refractivity contribution >= 4 is 0 Å². The molecule has 0 saturated heterocycles. The number of hydrogen-bond acceptors (Lipinski definition) is 5. The number of aryl methyl sites for hydroxylation is 2. The van der Waals surface area contributed by atoms with Gasteiger partial charge in [0.2, 0.25) is 5.82 Å². The van der Waals surface area contributed by atoms with E-state index in [1.54, 1.807) is 24.4 Å². The van der Waals surface area contributed by atoms with Crippen molar-refractivity contribution in [2.45, 2.75) is 6.92 Å². The zero-order chi connectivity index (χ0) is 13.4. The lowest BCUT2D eigenvalue weighted by molar-refractivity contribution is 0.431. The van der Waals surface area contributed by atoms with Gasteiger partial charge in [-0.2, -0.15) is 4.98 Å². The van der Waals surface area contributed by atoms with E-state index >= 15 is 0 Å². The standard InChI is InChI=1S/C13H12N4O2/c1-8-7-9(18)3-4-10(8)13-15-11(16-19-13)12-14-5-6-17(12)2/h3-7,18H,1-2H3. The van der Waals surface area contributed by atoms with Gasteiger partial charge in [-0.05, 0) is 30.7 Å². The first-order valence-corrected chi connectivity index (χ1v) is 5.76. The van der Waals surface area contributed by atoms with Gasteiger partial charge in [-0.3, -0.25) is 0 Å². The summed E-state index contributed by atoms with van der Waals surface area (Å²) >= 11 is 0. The molecule has 1 N–H and O–H groups in total. The maximum atomic E-state index is 9.40. The monoisotopic (exact) mass is 256 g/mol. The third kappa shape index (κ3) is 1.97. The fourth-order valence-corrected chi connectivity index (χ4v) is 1.89. The molecule has 2 heterocycles. The van der Waals surface area contributed by atoms with Crippen LogP contribution in [0.25, 0.3) is 23.1 Å². The molecule has 19 heavy (non-hydrogen) atoms. The van der Waals surface area contributed by atoms with Crippen molar-refractivity contribution in [2.24, 2.45) is 7.05 Å². The number of aromatic hydroxyl groups is 1. The molecular formula is C13H12N4O2. The van der Waals surface area contributed by atoms with Crippen LogP contribution in [-0.2, 0) is 7.05 Å². The topological polar surface area (TPSA) is 77.0 Å². The average Bonchev–Trinajstić information content (AvgIpc) is 2.97. The molecule has 0 amide bonds. The highest BCUT2D eigenvalue weighted by Crippen LogP contribution is 2.26. The molecule has 0 radical (unpaired) electrons. The van der Waals surface area contributed by atoms with E-state index in [1.165, 1.54) is 0 Å². The van der Waals surface area contributed by atoms with Crippen LogP contribution in [0.4, 0.5) is 0 Å². The van der Waals surface area contributed by atoms with E-state index in [4.69, 9.17) is 4.52 Å². The quantitative estimate of drug-likeness (QED) is 0.760. The number of phenols is 1. The molecule has 0 fully saturated rings. The fraction of sp³-hybridized carbons (Fsp3) is 0.154. The summed E-state index contributed by atoms with van der Waals surface area (Å²) in [5.41, 5.74) is 1.67. The Kier molecular flexibility index (Phi) is 2.56. The summed E-state index contributed by atoms with van der Waals surface area (Å²) in [5.74, 6) is 1.71. The minimum atomic E-state index is 0.213. The molecule has 96 valence electrons. The zero-order valence-corrected chi connectivity index (χ0v) is 10.5. The van der Waals surface area contributed by atoms with Crippen molar-refractivity contribution in [3.63, 3.8) is 0 Å². The lowest BCUT2D eigenvalue weighted by atomic mass is 10.1. The van der Waals surface area contributed by atoms with Crippen molar-refractivity contribution in [2.75, 3.05) is 0 Å². The van der Waals surface area contributed by atoms with Crippen LogP contribution < -0.4 is 0 Å². The highest BCUT2D eigenvalue weighted by molar-refractivity contribution is 5.61. The molecule has 0 unspecified atom stereocenters. The first-order chi connectivity index (χ1) is 9.15. The largest absolute Gasteiger partial charge is 0.508 e. The Morgan fingerprint density at radius 2 is 2.16 bits per heavy atom. The summed E-state index contributed by atoms with van der Waals surface area (Å²) in [6, 6.07) is 4.99. The van der Waals surface area contributed by atoms with Crippen LogP contribution in [0.1, 0.15) is 5.56 Å². The zero-order valence-electron chi connectivity index (χ0n) is 10.5. The predicted molar refractivity (Wildman–Crippen MR) is 68.3 cm³/mol. The van der Waals surface area contributed by atoms with Gasteiger partial charge in [-0.15, -0.1) is 0 Å². The van der Waals surface area contributed by atoms with Gasteiger partial charge in [0.1, 0.15) is 5.75 Å². The predicted octanol–water partition coefficient (Wildman–Crippen LogP) is 2.15. The Hall–Kier alpha value is -2.63. The average molecular weight is 256 g/mol. The third-order valence-corrected chi connectivity index (χ3v) is 2.89. The van der Waals surface area contributed by atoms with Gasteiger partial charge in [0, 0.05) is 25.0 Å². The summed E-state index contributed by atoms with van der Waals surface area (Å²) in [5, 5.41) is 13.3. The van der Waals surface area contributed by atoms with Gasteiger partial charge < -0.3 is 14.2 Å². The summed E-state index contributed by atoms with van der Waals surface area (Å²) in [4.78, 5) is 8.50. The normalized spacial score (nSPS) is 10.8. The van der Waals surface area contributed by atoms with Crippen LogP contribution in [0.5, 0.6) is 5.75 Å².